The van der Waals surface area contributed by atoms with Crippen LogP contribution in [-0.2, 0) is 38.1 Å². The summed E-state index contributed by atoms with van der Waals surface area (Å²) < 4.78 is 19.1. The summed E-state index contributed by atoms with van der Waals surface area (Å²) in [5.41, 5.74) is -2.77. The van der Waals surface area contributed by atoms with Gasteiger partial charge >= 0.3 is 23.9 Å². The van der Waals surface area contributed by atoms with Gasteiger partial charge in [0.15, 0.2) is 0 Å². The van der Waals surface area contributed by atoms with Crippen LogP contribution in [0.2, 0.25) is 0 Å². The average molecular weight is 355 g/mol. The second-order valence-corrected chi connectivity index (χ2v) is 5.96. The van der Waals surface area contributed by atoms with Crippen LogP contribution in [0.1, 0.15) is 12.8 Å². The van der Waals surface area contributed by atoms with Crippen molar-refractivity contribution in [1.29, 1.82) is 0 Å². The van der Waals surface area contributed by atoms with Gasteiger partial charge < -0.3 is 18.9 Å². The van der Waals surface area contributed by atoms with Gasteiger partial charge in [0.1, 0.15) is 11.1 Å². The highest BCUT2D eigenvalue weighted by molar-refractivity contribution is 5.96. The first kappa shape index (κ1) is 18.9. The van der Waals surface area contributed by atoms with E-state index in [0.717, 1.165) is 6.08 Å². The lowest BCUT2D eigenvalue weighted by molar-refractivity contribution is -0.161. The molecule has 1 N–H and O–H groups in total. The lowest BCUT2D eigenvalue weighted by atomic mass is 9.66. The first-order chi connectivity index (χ1) is 11.8. The van der Waals surface area contributed by atoms with E-state index in [0.29, 0.717) is 0 Å². The number of hydrogen-bond donors (Lipinski definition) is 1. The molecule has 0 amide bonds. The van der Waals surface area contributed by atoms with Gasteiger partial charge in [-0.15, -0.1) is 0 Å². The highest BCUT2D eigenvalue weighted by atomic mass is 16.5. The van der Waals surface area contributed by atoms with Crippen LogP contribution < -0.4 is 5.32 Å². The van der Waals surface area contributed by atoms with Crippen molar-refractivity contribution in [3.63, 3.8) is 0 Å². The zero-order valence-corrected chi connectivity index (χ0v) is 14.5. The Labute approximate surface area is 144 Å². The molecule has 2 aliphatic rings. The number of nitrogens with one attached hydrogen (secondary N) is 1. The molecule has 2 aliphatic heterocycles. The Morgan fingerprint density at radius 2 is 1.44 bits per heavy atom. The molecule has 2 heterocycles. The molecule has 138 valence electrons. The largest absolute Gasteiger partial charge is 0.469 e. The molecule has 2 saturated heterocycles. The number of hydrogen-bond acceptors (Lipinski definition) is 9. The van der Waals surface area contributed by atoms with E-state index in [1.165, 1.54) is 34.5 Å². The smallest absolute Gasteiger partial charge is 0.330 e. The summed E-state index contributed by atoms with van der Waals surface area (Å²) in [5.74, 6) is -4.56. The zero-order chi connectivity index (χ0) is 18.8. The number of fused-ring (bicyclic) bond motifs is 2. The fourth-order valence-corrected chi connectivity index (χ4v) is 3.93. The third-order valence-electron chi connectivity index (χ3n) is 5.01. The first-order valence-corrected chi connectivity index (χ1v) is 7.63. The fraction of sp³-hybridized carbons (Fsp3) is 0.625. The van der Waals surface area contributed by atoms with Gasteiger partial charge in [0.05, 0.1) is 34.4 Å². The summed E-state index contributed by atoms with van der Waals surface area (Å²) in [6.07, 6.45) is 2.91. The Balaban J connectivity index is 2.59. The fourth-order valence-electron chi connectivity index (χ4n) is 3.93. The molecule has 0 aromatic carbocycles. The molecule has 9 nitrogen and oxygen atoms in total. The minimum Gasteiger partial charge on any atom is -0.469 e. The average Bonchev–Trinajstić information content (AvgIpc) is 3.17. The molecule has 0 spiro atoms. The predicted molar refractivity (Wildman–Crippen MR) is 82.0 cm³/mol. The van der Waals surface area contributed by atoms with Gasteiger partial charge in [-0.25, -0.2) is 4.79 Å². The summed E-state index contributed by atoms with van der Waals surface area (Å²) in [6, 6.07) is 0. The molecule has 0 aliphatic carbocycles. The molecule has 0 aromatic heterocycles. The Bertz CT molecular complexity index is 630. The van der Waals surface area contributed by atoms with E-state index in [9.17, 15) is 19.2 Å². The van der Waals surface area contributed by atoms with Gasteiger partial charge in [0, 0.05) is 12.0 Å². The number of esters is 4. The van der Waals surface area contributed by atoms with Crippen LogP contribution in [-0.4, -0.2) is 63.4 Å². The second-order valence-electron chi connectivity index (χ2n) is 5.96. The number of carbonyl (C=O) groups excluding carboxylic acids is 4. The lowest BCUT2D eigenvalue weighted by Crippen LogP contribution is -2.54. The summed E-state index contributed by atoms with van der Waals surface area (Å²) in [6.45, 7) is 0. The minimum atomic E-state index is -1.43. The lowest BCUT2D eigenvalue weighted by Gasteiger charge is -2.35. The van der Waals surface area contributed by atoms with Crippen LogP contribution in [0.3, 0.4) is 0 Å². The van der Waals surface area contributed by atoms with Crippen molar-refractivity contribution in [2.75, 3.05) is 28.4 Å². The quantitative estimate of drug-likeness (QED) is 0.389. The van der Waals surface area contributed by atoms with Crippen LogP contribution in [0.5, 0.6) is 0 Å². The Kier molecular flexibility index (Phi) is 5.17. The maximum Gasteiger partial charge on any atom is 0.330 e. The van der Waals surface area contributed by atoms with E-state index in [2.05, 4.69) is 10.1 Å². The molecule has 2 bridgehead atoms. The molecule has 2 fully saturated rings. The first-order valence-electron chi connectivity index (χ1n) is 7.63. The summed E-state index contributed by atoms with van der Waals surface area (Å²) in [7, 11) is 4.80. The van der Waals surface area contributed by atoms with Crippen LogP contribution >= 0.6 is 0 Å². The van der Waals surface area contributed by atoms with Gasteiger partial charge in [-0.05, 0) is 12.8 Å². The number of rotatable bonds is 5. The standard InChI is InChI=1S/C16H21NO8/c1-22-10(18)6-5-9-11(12(19)23-2)16(14(21)25-4)8-7-15(9,17-16)13(20)24-3/h5-6,9,11,17H,7-8H2,1-4H3/b6-5-. The van der Waals surface area contributed by atoms with Crippen LogP contribution in [0.4, 0.5) is 0 Å². The van der Waals surface area contributed by atoms with E-state index in [-0.39, 0.29) is 12.8 Å². The second kappa shape index (κ2) is 6.83. The normalized spacial score (nSPS) is 33.1. The highest BCUT2D eigenvalue weighted by Crippen LogP contribution is 2.54. The highest BCUT2D eigenvalue weighted by Gasteiger charge is 2.74. The topological polar surface area (TPSA) is 117 Å². The van der Waals surface area contributed by atoms with E-state index < -0.39 is 46.8 Å². The van der Waals surface area contributed by atoms with E-state index in [4.69, 9.17) is 14.2 Å². The van der Waals surface area contributed by atoms with Gasteiger partial charge in [0.2, 0.25) is 0 Å². The molecule has 25 heavy (non-hydrogen) atoms. The molecular formula is C16H21NO8. The minimum absolute atomic E-state index is 0.192. The third kappa shape index (κ3) is 2.68. The van der Waals surface area contributed by atoms with Crippen molar-refractivity contribution in [1.82, 2.24) is 5.32 Å². The molecule has 4 unspecified atom stereocenters. The Morgan fingerprint density at radius 1 is 0.880 bits per heavy atom. The molecule has 0 radical (unpaired) electrons. The van der Waals surface area contributed by atoms with Gasteiger partial charge in [0.25, 0.3) is 0 Å². The van der Waals surface area contributed by atoms with Gasteiger partial charge in [-0.1, -0.05) is 6.08 Å². The van der Waals surface area contributed by atoms with E-state index in [1.54, 1.807) is 0 Å². The van der Waals surface area contributed by atoms with Crippen LogP contribution in [0.15, 0.2) is 12.2 Å². The number of ether oxygens (including phenoxy) is 4. The molecule has 2 rings (SSSR count). The predicted octanol–water partition coefficient (Wildman–Crippen LogP) is -0.658. The summed E-state index contributed by atoms with van der Waals surface area (Å²) >= 11 is 0. The summed E-state index contributed by atoms with van der Waals surface area (Å²) in [5, 5.41) is 2.96. The monoisotopic (exact) mass is 355 g/mol. The van der Waals surface area contributed by atoms with Crippen LogP contribution in [0, 0.1) is 11.8 Å². The number of carbonyl (C=O) groups is 4. The third-order valence-corrected chi connectivity index (χ3v) is 5.01. The summed E-state index contributed by atoms with van der Waals surface area (Å²) in [4.78, 5) is 48.9. The Hall–Kier alpha value is -2.42. The van der Waals surface area contributed by atoms with Gasteiger partial charge in [-0.2, -0.15) is 0 Å². The molecular weight excluding hydrogens is 334 g/mol. The Morgan fingerprint density at radius 3 is 1.96 bits per heavy atom. The molecule has 4 atom stereocenters. The van der Waals surface area contributed by atoms with Crippen LogP contribution in [0.25, 0.3) is 0 Å². The van der Waals surface area contributed by atoms with Crippen molar-refractivity contribution in [3.8, 4) is 0 Å². The van der Waals surface area contributed by atoms with E-state index >= 15 is 0 Å². The molecule has 9 heteroatoms. The number of methoxy groups -OCH3 is 4. The van der Waals surface area contributed by atoms with Crippen molar-refractivity contribution in [2.45, 2.75) is 23.9 Å². The van der Waals surface area contributed by atoms with Crippen molar-refractivity contribution in [3.05, 3.63) is 12.2 Å². The SMILES string of the molecule is COC(=O)/C=C\C1C(C(=O)OC)C2(C(=O)OC)CCC1(C(=O)OC)N2. The van der Waals surface area contributed by atoms with Crippen molar-refractivity contribution in [2.24, 2.45) is 11.8 Å². The maximum atomic E-state index is 12.5. The van der Waals surface area contributed by atoms with Crippen molar-refractivity contribution >= 4 is 23.9 Å². The van der Waals surface area contributed by atoms with Crippen molar-refractivity contribution < 1.29 is 38.1 Å². The van der Waals surface area contributed by atoms with Gasteiger partial charge in [-0.3, -0.25) is 19.7 Å². The maximum absolute atomic E-state index is 12.5. The zero-order valence-electron chi connectivity index (χ0n) is 14.5. The molecule has 0 saturated carbocycles. The molecule has 0 aromatic rings. The van der Waals surface area contributed by atoms with E-state index in [1.807, 2.05) is 0 Å².